The highest BCUT2D eigenvalue weighted by Crippen LogP contribution is 2.24. The fraction of sp³-hybridized carbons (Fsp3) is 0.429. The van der Waals surface area contributed by atoms with Crippen LogP contribution in [0.2, 0.25) is 0 Å². The third kappa shape index (κ3) is 3.37. The van der Waals surface area contributed by atoms with Crippen LogP contribution in [0.5, 0.6) is 0 Å². The van der Waals surface area contributed by atoms with Crippen molar-refractivity contribution < 1.29 is 0 Å². The van der Waals surface area contributed by atoms with Crippen LogP contribution >= 0.6 is 23.6 Å². The van der Waals surface area contributed by atoms with Crippen molar-refractivity contribution in [3.63, 3.8) is 0 Å². The number of nitrogens with one attached hydrogen (secondary N) is 3. The molecule has 2 aromatic rings. The highest BCUT2D eigenvalue weighted by Gasteiger charge is 2.13. The van der Waals surface area contributed by atoms with Crippen LogP contribution in [0, 0.1) is 0 Å². The number of thiocarbonyl (C=S) groups is 1. The number of anilines is 1. The first-order chi connectivity index (χ1) is 9.81. The zero-order chi connectivity index (χ0) is 13.8. The van der Waals surface area contributed by atoms with Crippen LogP contribution in [0.3, 0.4) is 0 Å². The molecule has 0 atom stereocenters. The molecule has 0 spiro atoms. The molecule has 0 aliphatic heterocycles. The van der Waals surface area contributed by atoms with Gasteiger partial charge in [-0.15, -0.1) is 0 Å². The maximum absolute atomic E-state index is 5.31. The van der Waals surface area contributed by atoms with Crippen molar-refractivity contribution in [3.05, 3.63) is 24.3 Å². The van der Waals surface area contributed by atoms with Gasteiger partial charge in [0.2, 0.25) is 5.13 Å². The molecule has 3 rings (SSSR count). The van der Waals surface area contributed by atoms with Gasteiger partial charge in [-0.3, -0.25) is 10.9 Å². The van der Waals surface area contributed by atoms with Gasteiger partial charge in [0.15, 0.2) is 5.11 Å². The molecule has 1 aromatic carbocycles. The Morgan fingerprint density at radius 2 is 2.00 bits per heavy atom. The third-order valence-electron chi connectivity index (χ3n) is 3.52. The maximum atomic E-state index is 5.31. The molecule has 0 amide bonds. The summed E-state index contributed by atoms with van der Waals surface area (Å²) in [7, 11) is 0. The van der Waals surface area contributed by atoms with E-state index in [1.165, 1.54) is 36.8 Å². The number of hydrogen-bond acceptors (Lipinski definition) is 4. The fourth-order valence-corrected chi connectivity index (χ4v) is 3.54. The Morgan fingerprint density at radius 3 is 2.80 bits per heavy atom. The Balaban J connectivity index is 1.51. The van der Waals surface area contributed by atoms with Gasteiger partial charge in [0.1, 0.15) is 0 Å². The van der Waals surface area contributed by atoms with Gasteiger partial charge in [-0.05, 0) is 37.2 Å². The minimum Gasteiger partial charge on any atom is -0.359 e. The summed E-state index contributed by atoms with van der Waals surface area (Å²) >= 11 is 6.92. The maximum Gasteiger partial charge on any atom is 0.202 e. The Labute approximate surface area is 128 Å². The Kier molecular flexibility index (Phi) is 4.32. The quantitative estimate of drug-likeness (QED) is 0.599. The van der Waals surface area contributed by atoms with Crippen LogP contribution in [0.15, 0.2) is 24.3 Å². The SMILES string of the molecule is S=C(NNc1nc2ccccc2s1)NC1CCCCC1. The zero-order valence-corrected chi connectivity index (χ0v) is 12.8. The molecule has 1 aromatic heterocycles. The van der Waals surface area contributed by atoms with E-state index in [4.69, 9.17) is 12.2 Å². The van der Waals surface area contributed by atoms with E-state index in [1.807, 2.05) is 18.2 Å². The minimum absolute atomic E-state index is 0.515. The molecular weight excluding hydrogens is 288 g/mol. The molecule has 6 heteroatoms. The summed E-state index contributed by atoms with van der Waals surface area (Å²) in [5.74, 6) is 0. The first-order valence-electron chi connectivity index (χ1n) is 6.99. The lowest BCUT2D eigenvalue weighted by atomic mass is 9.96. The van der Waals surface area contributed by atoms with Crippen molar-refractivity contribution >= 4 is 44.0 Å². The van der Waals surface area contributed by atoms with Gasteiger partial charge >= 0.3 is 0 Å². The predicted molar refractivity (Wildman–Crippen MR) is 89.0 cm³/mol. The van der Waals surface area contributed by atoms with E-state index in [1.54, 1.807) is 11.3 Å². The van der Waals surface area contributed by atoms with E-state index in [0.717, 1.165) is 10.6 Å². The number of thiazole rings is 1. The number of fused-ring (bicyclic) bond motifs is 1. The van der Waals surface area contributed by atoms with Crippen LogP contribution in [-0.4, -0.2) is 16.1 Å². The molecule has 1 fully saturated rings. The summed E-state index contributed by atoms with van der Waals surface area (Å²) < 4.78 is 1.17. The van der Waals surface area contributed by atoms with Gasteiger partial charge in [-0.2, -0.15) is 0 Å². The van der Waals surface area contributed by atoms with Crippen LogP contribution in [-0.2, 0) is 0 Å². The number of nitrogens with zero attached hydrogens (tertiary/aromatic N) is 1. The topological polar surface area (TPSA) is 49.0 Å². The smallest absolute Gasteiger partial charge is 0.202 e. The Morgan fingerprint density at radius 1 is 1.20 bits per heavy atom. The molecule has 1 aliphatic rings. The molecule has 106 valence electrons. The Hall–Kier alpha value is -1.40. The fourth-order valence-electron chi connectivity index (χ4n) is 2.50. The number of rotatable bonds is 3. The largest absolute Gasteiger partial charge is 0.359 e. The van der Waals surface area contributed by atoms with E-state index in [0.29, 0.717) is 11.2 Å². The van der Waals surface area contributed by atoms with Gasteiger partial charge < -0.3 is 5.32 Å². The van der Waals surface area contributed by atoms with Gasteiger partial charge in [-0.1, -0.05) is 42.7 Å². The number of hydrogen-bond donors (Lipinski definition) is 3. The average Bonchev–Trinajstić information content (AvgIpc) is 2.89. The normalized spacial score (nSPS) is 16.0. The second kappa shape index (κ2) is 6.37. The van der Waals surface area contributed by atoms with Crippen LogP contribution in [0.4, 0.5) is 5.13 Å². The van der Waals surface area contributed by atoms with Crippen LogP contribution in [0.25, 0.3) is 10.2 Å². The molecule has 3 N–H and O–H groups in total. The summed E-state index contributed by atoms with van der Waals surface area (Å²) in [6.45, 7) is 0. The molecule has 0 unspecified atom stereocenters. The number of benzene rings is 1. The van der Waals surface area contributed by atoms with Crippen molar-refractivity contribution in [3.8, 4) is 0 Å². The first kappa shape index (κ1) is 13.6. The number of aromatic nitrogens is 1. The predicted octanol–water partition coefficient (Wildman–Crippen LogP) is 3.42. The lowest BCUT2D eigenvalue weighted by Crippen LogP contribution is -2.44. The van der Waals surface area contributed by atoms with E-state index in [2.05, 4.69) is 27.2 Å². The van der Waals surface area contributed by atoms with Crippen molar-refractivity contribution in [1.29, 1.82) is 0 Å². The molecule has 1 heterocycles. The Bertz CT molecular complexity index is 557. The lowest BCUT2D eigenvalue weighted by Gasteiger charge is -2.24. The molecule has 4 nitrogen and oxygen atoms in total. The van der Waals surface area contributed by atoms with Gasteiger partial charge in [0.05, 0.1) is 10.2 Å². The van der Waals surface area contributed by atoms with E-state index >= 15 is 0 Å². The molecular formula is C14H18N4S2. The first-order valence-corrected chi connectivity index (χ1v) is 8.22. The molecule has 0 saturated heterocycles. The molecule has 20 heavy (non-hydrogen) atoms. The molecule has 1 saturated carbocycles. The third-order valence-corrected chi connectivity index (χ3v) is 4.69. The van der Waals surface area contributed by atoms with Crippen molar-refractivity contribution in [2.75, 3.05) is 5.43 Å². The lowest BCUT2D eigenvalue weighted by molar-refractivity contribution is 0.412. The van der Waals surface area contributed by atoms with Crippen LogP contribution < -0.4 is 16.2 Å². The van der Waals surface area contributed by atoms with E-state index in [-0.39, 0.29) is 0 Å². The average molecular weight is 306 g/mol. The summed E-state index contributed by atoms with van der Waals surface area (Å²) in [6, 6.07) is 8.61. The van der Waals surface area contributed by atoms with Gasteiger partial charge in [0, 0.05) is 6.04 Å². The summed E-state index contributed by atoms with van der Waals surface area (Å²) in [6.07, 6.45) is 6.37. The second-order valence-corrected chi connectivity index (χ2v) is 6.48. The summed E-state index contributed by atoms with van der Waals surface area (Å²) in [5, 5.41) is 4.84. The van der Waals surface area contributed by atoms with Crippen molar-refractivity contribution in [2.24, 2.45) is 0 Å². The zero-order valence-electron chi connectivity index (χ0n) is 11.2. The highest BCUT2D eigenvalue weighted by atomic mass is 32.1. The molecule has 0 bridgehead atoms. The molecule has 0 radical (unpaired) electrons. The van der Waals surface area contributed by atoms with E-state index in [9.17, 15) is 0 Å². The second-order valence-electron chi connectivity index (χ2n) is 5.05. The van der Waals surface area contributed by atoms with Crippen molar-refractivity contribution in [2.45, 2.75) is 38.1 Å². The van der Waals surface area contributed by atoms with Gasteiger partial charge in [-0.25, -0.2) is 4.98 Å². The summed E-state index contributed by atoms with van der Waals surface area (Å²) in [5.41, 5.74) is 7.11. The minimum atomic E-state index is 0.515. The highest BCUT2D eigenvalue weighted by molar-refractivity contribution is 7.80. The number of para-hydroxylation sites is 1. The van der Waals surface area contributed by atoms with Gasteiger partial charge in [0.25, 0.3) is 0 Å². The molecule has 1 aliphatic carbocycles. The van der Waals surface area contributed by atoms with Crippen LogP contribution in [0.1, 0.15) is 32.1 Å². The standard InChI is InChI=1S/C14H18N4S2/c19-13(15-10-6-2-1-3-7-10)17-18-14-16-11-8-4-5-9-12(11)20-14/h4-5,8-10H,1-3,6-7H2,(H,16,18)(H2,15,17,19). The van der Waals surface area contributed by atoms with E-state index < -0.39 is 0 Å². The monoisotopic (exact) mass is 306 g/mol. The summed E-state index contributed by atoms with van der Waals surface area (Å²) in [4.78, 5) is 4.49. The number of hydrazine groups is 1. The van der Waals surface area contributed by atoms with Crippen molar-refractivity contribution in [1.82, 2.24) is 15.7 Å².